The summed E-state index contributed by atoms with van der Waals surface area (Å²) in [4.78, 5) is 12.4. The van der Waals surface area contributed by atoms with Crippen molar-refractivity contribution < 1.29 is 22.3 Å². The largest absolute Gasteiger partial charge is 0.494 e. The summed E-state index contributed by atoms with van der Waals surface area (Å²) in [6, 6.07) is 10.5. The summed E-state index contributed by atoms with van der Waals surface area (Å²) < 4.78 is 45.3. The molecule has 0 aromatic heterocycles. The van der Waals surface area contributed by atoms with Gasteiger partial charge in [-0.3, -0.25) is 4.79 Å². The highest BCUT2D eigenvalue weighted by Gasteiger charge is 2.24. The minimum absolute atomic E-state index is 0.193. The van der Waals surface area contributed by atoms with Gasteiger partial charge in [0.1, 0.15) is 11.6 Å². The van der Waals surface area contributed by atoms with E-state index in [4.69, 9.17) is 4.74 Å². The van der Waals surface area contributed by atoms with Gasteiger partial charge in [-0.1, -0.05) is 19.9 Å². The Balaban J connectivity index is 1.94. The van der Waals surface area contributed by atoms with Crippen molar-refractivity contribution in [2.24, 2.45) is 0 Å². The second-order valence-corrected chi connectivity index (χ2v) is 8.43. The lowest BCUT2D eigenvalue weighted by Gasteiger charge is -2.20. The van der Waals surface area contributed by atoms with Crippen LogP contribution in [0.15, 0.2) is 47.4 Å². The second kappa shape index (κ2) is 10.4. The van der Waals surface area contributed by atoms with Crippen LogP contribution in [0.4, 0.5) is 10.1 Å². The maximum Gasteiger partial charge on any atom is 0.243 e. The summed E-state index contributed by atoms with van der Waals surface area (Å²) in [7, 11) is -3.61. The number of carbonyl (C=O) groups excluding carboxylic acids is 1. The van der Waals surface area contributed by atoms with Crippen molar-refractivity contribution in [1.82, 2.24) is 4.31 Å². The van der Waals surface area contributed by atoms with Crippen molar-refractivity contribution in [1.29, 1.82) is 0 Å². The lowest BCUT2D eigenvalue weighted by molar-refractivity contribution is -0.116. The monoisotopic (exact) mass is 422 g/mol. The SMILES string of the molecule is CCN(CC)S(=O)(=O)c1cc(NC(=O)CCCOc2ccc(F)cc2)ccc1C. The predicted molar refractivity (Wildman–Crippen MR) is 111 cm³/mol. The molecule has 0 aliphatic heterocycles. The Morgan fingerprint density at radius 2 is 1.76 bits per heavy atom. The van der Waals surface area contributed by atoms with E-state index in [1.54, 1.807) is 32.9 Å². The van der Waals surface area contributed by atoms with Crippen LogP contribution in [-0.4, -0.2) is 38.3 Å². The Bertz CT molecular complexity index is 926. The van der Waals surface area contributed by atoms with Gasteiger partial charge in [0, 0.05) is 25.2 Å². The zero-order valence-electron chi connectivity index (χ0n) is 16.9. The number of halogens is 1. The number of benzene rings is 2. The molecule has 0 unspecified atom stereocenters. The minimum atomic E-state index is -3.61. The molecule has 8 heteroatoms. The van der Waals surface area contributed by atoms with E-state index in [1.807, 2.05) is 0 Å². The summed E-state index contributed by atoms with van der Waals surface area (Å²) in [5.74, 6) is -0.0310. The van der Waals surface area contributed by atoms with Crippen molar-refractivity contribution in [2.45, 2.75) is 38.5 Å². The van der Waals surface area contributed by atoms with Gasteiger partial charge in [-0.2, -0.15) is 4.31 Å². The van der Waals surface area contributed by atoms with E-state index in [0.717, 1.165) is 0 Å². The molecule has 6 nitrogen and oxygen atoms in total. The number of rotatable bonds is 10. The minimum Gasteiger partial charge on any atom is -0.494 e. The molecule has 0 spiro atoms. The van der Waals surface area contributed by atoms with Crippen LogP contribution in [0.1, 0.15) is 32.3 Å². The third-order valence-corrected chi connectivity index (χ3v) is 6.62. The maximum atomic E-state index is 12.9. The molecule has 0 aliphatic rings. The van der Waals surface area contributed by atoms with E-state index in [1.165, 1.54) is 34.6 Å². The van der Waals surface area contributed by atoms with Gasteiger partial charge in [-0.25, -0.2) is 12.8 Å². The quantitative estimate of drug-likeness (QED) is 0.588. The lowest BCUT2D eigenvalue weighted by Crippen LogP contribution is -2.31. The fraction of sp³-hybridized carbons (Fsp3) is 0.381. The van der Waals surface area contributed by atoms with E-state index in [2.05, 4.69) is 5.32 Å². The third-order valence-electron chi connectivity index (χ3n) is 4.43. The first-order valence-electron chi connectivity index (χ1n) is 9.57. The van der Waals surface area contributed by atoms with Crippen LogP contribution in [0.5, 0.6) is 5.75 Å². The van der Waals surface area contributed by atoms with Crippen molar-refractivity contribution in [3.8, 4) is 5.75 Å². The summed E-state index contributed by atoms with van der Waals surface area (Å²) in [5, 5.41) is 2.74. The smallest absolute Gasteiger partial charge is 0.243 e. The Kier molecular flexibility index (Phi) is 8.16. The third kappa shape index (κ3) is 6.27. The van der Waals surface area contributed by atoms with Crippen LogP contribution in [-0.2, 0) is 14.8 Å². The number of amides is 1. The molecule has 0 heterocycles. The van der Waals surface area contributed by atoms with Crippen LogP contribution in [0.25, 0.3) is 0 Å². The molecule has 1 amide bonds. The average molecular weight is 423 g/mol. The van der Waals surface area contributed by atoms with Gasteiger partial charge in [-0.15, -0.1) is 0 Å². The lowest BCUT2D eigenvalue weighted by atomic mass is 10.2. The normalized spacial score (nSPS) is 11.5. The van der Waals surface area contributed by atoms with Crippen LogP contribution in [0.3, 0.4) is 0 Å². The molecule has 0 fully saturated rings. The molecule has 0 atom stereocenters. The van der Waals surface area contributed by atoms with Crippen molar-refractivity contribution >= 4 is 21.6 Å². The highest BCUT2D eigenvalue weighted by atomic mass is 32.2. The number of ether oxygens (including phenoxy) is 1. The Hall–Kier alpha value is -2.45. The van der Waals surface area contributed by atoms with Gasteiger partial charge in [0.15, 0.2) is 0 Å². The number of hydrogen-bond acceptors (Lipinski definition) is 4. The van der Waals surface area contributed by atoms with Gasteiger partial charge in [-0.05, 0) is 55.3 Å². The van der Waals surface area contributed by atoms with E-state index < -0.39 is 10.0 Å². The number of aryl methyl sites for hydroxylation is 1. The Morgan fingerprint density at radius 3 is 2.38 bits per heavy atom. The van der Waals surface area contributed by atoms with E-state index in [0.29, 0.717) is 43.1 Å². The molecule has 2 aromatic carbocycles. The zero-order valence-corrected chi connectivity index (χ0v) is 17.8. The molecular weight excluding hydrogens is 395 g/mol. The first kappa shape index (κ1) is 22.8. The second-order valence-electron chi connectivity index (χ2n) is 6.52. The zero-order chi connectivity index (χ0) is 21.4. The van der Waals surface area contributed by atoms with Crippen molar-refractivity contribution in [3.05, 3.63) is 53.8 Å². The number of nitrogens with one attached hydrogen (secondary N) is 1. The number of anilines is 1. The molecule has 1 N–H and O–H groups in total. The first-order valence-corrected chi connectivity index (χ1v) is 11.0. The number of nitrogens with zero attached hydrogens (tertiary/aromatic N) is 1. The van der Waals surface area contributed by atoms with Gasteiger partial charge < -0.3 is 10.1 Å². The van der Waals surface area contributed by atoms with E-state index in [-0.39, 0.29) is 23.0 Å². The molecular formula is C21H27FN2O4S. The van der Waals surface area contributed by atoms with Crippen molar-refractivity contribution in [2.75, 3.05) is 25.0 Å². The summed E-state index contributed by atoms with van der Waals surface area (Å²) in [5.41, 5.74) is 1.06. The number of hydrogen-bond donors (Lipinski definition) is 1. The van der Waals surface area contributed by atoms with Crippen LogP contribution in [0.2, 0.25) is 0 Å². The fourth-order valence-electron chi connectivity index (χ4n) is 2.84. The fourth-order valence-corrected chi connectivity index (χ4v) is 4.54. The molecule has 0 bridgehead atoms. The standard InChI is InChI=1S/C21H27FN2O4S/c1-4-24(5-2)29(26,27)20-15-18(11-8-16(20)3)23-21(25)7-6-14-28-19-12-9-17(22)10-13-19/h8-13,15H,4-7,14H2,1-3H3,(H,23,25). The Morgan fingerprint density at radius 1 is 1.10 bits per heavy atom. The average Bonchev–Trinajstić information content (AvgIpc) is 2.68. The summed E-state index contributed by atoms with van der Waals surface area (Å²) in [6.07, 6.45) is 0.687. The van der Waals surface area contributed by atoms with Crippen molar-refractivity contribution in [3.63, 3.8) is 0 Å². The van der Waals surface area contributed by atoms with Gasteiger partial charge in [0.05, 0.1) is 11.5 Å². The molecule has 0 saturated carbocycles. The molecule has 2 rings (SSSR count). The van der Waals surface area contributed by atoms with Crippen LogP contribution >= 0.6 is 0 Å². The number of sulfonamides is 1. The van der Waals surface area contributed by atoms with Crippen LogP contribution < -0.4 is 10.1 Å². The van der Waals surface area contributed by atoms with E-state index >= 15 is 0 Å². The summed E-state index contributed by atoms with van der Waals surface area (Å²) in [6.45, 7) is 6.38. The van der Waals surface area contributed by atoms with Crippen LogP contribution in [0, 0.1) is 12.7 Å². The molecule has 0 radical (unpaired) electrons. The number of carbonyl (C=O) groups is 1. The molecule has 0 aliphatic carbocycles. The topological polar surface area (TPSA) is 75.7 Å². The van der Waals surface area contributed by atoms with Gasteiger partial charge in [0.25, 0.3) is 0 Å². The van der Waals surface area contributed by atoms with Gasteiger partial charge >= 0.3 is 0 Å². The molecule has 0 saturated heterocycles. The Labute approximate surface area is 171 Å². The maximum absolute atomic E-state index is 12.9. The molecule has 158 valence electrons. The highest BCUT2D eigenvalue weighted by molar-refractivity contribution is 7.89. The van der Waals surface area contributed by atoms with E-state index in [9.17, 15) is 17.6 Å². The molecule has 29 heavy (non-hydrogen) atoms. The highest BCUT2D eigenvalue weighted by Crippen LogP contribution is 2.24. The molecule has 2 aromatic rings. The first-order chi connectivity index (χ1) is 13.8. The van der Waals surface area contributed by atoms with Gasteiger partial charge in [0.2, 0.25) is 15.9 Å². The predicted octanol–water partition coefficient (Wildman–Crippen LogP) is 3.96. The summed E-state index contributed by atoms with van der Waals surface area (Å²) >= 11 is 0.